The number of fused-ring (bicyclic) bond motifs is 1. The van der Waals surface area contributed by atoms with E-state index in [2.05, 4.69) is 5.32 Å². The van der Waals surface area contributed by atoms with Crippen LogP contribution in [0.5, 0.6) is 11.5 Å². The van der Waals surface area contributed by atoms with Gasteiger partial charge in [-0.15, -0.1) is 0 Å². The molecule has 0 saturated carbocycles. The normalized spacial score (nSPS) is 17.2. The number of barbiturate groups is 1. The van der Waals surface area contributed by atoms with E-state index in [4.69, 9.17) is 9.47 Å². The van der Waals surface area contributed by atoms with Crippen molar-refractivity contribution in [2.24, 2.45) is 0 Å². The standard InChI is InChI=1S/C20H15FN2O5/c21-14-4-1-12(2-5-14)7-8-23-19(25)15(18(24)22-20(23)26)9-13-3-6-16-17(10-13)28-11-27-16/h1-6,9-10H,7-8,11H2,(H,22,24,26). The largest absolute Gasteiger partial charge is 0.454 e. The maximum atomic E-state index is 13.0. The molecule has 2 aromatic carbocycles. The van der Waals surface area contributed by atoms with Crippen LogP contribution in [0, 0.1) is 5.82 Å². The molecule has 0 unspecified atom stereocenters. The summed E-state index contributed by atoms with van der Waals surface area (Å²) in [7, 11) is 0. The van der Waals surface area contributed by atoms with Crippen LogP contribution in [-0.4, -0.2) is 36.1 Å². The fourth-order valence-electron chi connectivity index (χ4n) is 2.96. The lowest BCUT2D eigenvalue weighted by Gasteiger charge is -2.26. The van der Waals surface area contributed by atoms with Crippen LogP contribution in [0.4, 0.5) is 9.18 Å². The van der Waals surface area contributed by atoms with Gasteiger partial charge in [-0.2, -0.15) is 0 Å². The lowest BCUT2D eigenvalue weighted by Crippen LogP contribution is -2.54. The van der Waals surface area contributed by atoms with E-state index in [9.17, 15) is 18.8 Å². The number of halogens is 1. The fourth-order valence-corrected chi connectivity index (χ4v) is 2.96. The molecule has 0 atom stereocenters. The molecule has 0 aliphatic carbocycles. The number of ether oxygens (including phenoxy) is 2. The minimum absolute atomic E-state index is 0.0576. The van der Waals surface area contributed by atoms with E-state index >= 15 is 0 Å². The van der Waals surface area contributed by atoms with E-state index < -0.39 is 17.8 Å². The van der Waals surface area contributed by atoms with E-state index in [-0.39, 0.29) is 24.7 Å². The highest BCUT2D eigenvalue weighted by Gasteiger charge is 2.35. The quantitative estimate of drug-likeness (QED) is 0.648. The van der Waals surface area contributed by atoms with Gasteiger partial charge in [0.25, 0.3) is 11.8 Å². The number of urea groups is 1. The van der Waals surface area contributed by atoms with Crippen LogP contribution < -0.4 is 14.8 Å². The first-order valence-corrected chi connectivity index (χ1v) is 8.54. The monoisotopic (exact) mass is 382 g/mol. The molecule has 8 heteroatoms. The van der Waals surface area contributed by atoms with Gasteiger partial charge < -0.3 is 9.47 Å². The molecule has 1 saturated heterocycles. The average molecular weight is 382 g/mol. The zero-order valence-corrected chi connectivity index (χ0v) is 14.6. The lowest BCUT2D eigenvalue weighted by atomic mass is 10.1. The van der Waals surface area contributed by atoms with Crippen LogP contribution in [-0.2, 0) is 16.0 Å². The first-order chi connectivity index (χ1) is 13.5. The molecule has 28 heavy (non-hydrogen) atoms. The second-order valence-corrected chi connectivity index (χ2v) is 6.26. The molecule has 0 bridgehead atoms. The molecular weight excluding hydrogens is 367 g/mol. The number of amides is 4. The summed E-state index contributed by atoms with van der Waals surface area (Å²) in [5.74, 6) is -0.714. The molecule has 1 fully saturated rings. The first kappa shape index (κ1) is 17.7. The van der Waals surface area contributed by atoms with Gasteiger partial charge in [-0.1, -0.05) is 18.2 Å². The SMILES string of the molecule is O=C1NC(=O)N(CCc2ccc(F)cc2)C(=O)C1=Cc1ccc2c(c1)OCO2. The Bertz CT molecular complexity index is 1000. The van der Waals surface area contributed by atoms with Crippen LogP contribution in [0.3, 0.4) is 0 Å². The molecule has 0 aromatic heterocycles. The van der Waals surface area contributed by atoms with Gasteiger partial charge in [-0.05, 0) is 47.9 Å². The van der Waals surface area contributed by atoms with Crippen LogP contribution in [0.2, 0.25) is 0 Å². The Balaban J connectivity index is 1.54. The van der Waals surface area contributed by atoms with Crippen LogP contribution in [0.15, 0.2) is 48.0 Å². The third-order valence-electron chi connectivity index (χ3n) is 4.43. The maximum absolute atomic E-state index is 13.0. The van der Waals surface area contributed by atoms with Crippen molar-refractivity contribution in [3.05, 3.63) is 65.0 Å². The zero-order valence-electron chi connectivity index (χ0n) is 14.6. The molecule has 142 valence electrons. The molecule has 0 spiro atoms. The molecule has 4 amide bonds. The third kappa shape index (κ3) is 3.44. The summed E-state index contributed by atoms with van der Waals surface area (Å²) >= 11 is 0. The fraction of sp³-hybridized carbons (Fsp3) is 0.150. The van der Waals surface area contributed by atoms with Crippen molar-refractivity contribution in [3.8, 4) is 11.5 Å². The van der Waals surface area contributed by atoms with E-state index in [1.807, 2.05) is 0 Å². The van der Waals surface area contributed by atoms with Gasteiger partial charge in [0.15, 0.2) is 11.5 Å². The van der Waals surface area contributed by atoms with Crippen molar-refractivity contribution in [3.63, 3.8) is 0 Å². The highest BCUT2D eigenvalue weighted by atomic mass is 19.1. The van der Waals surface area contributed by atoms with Gasteiger partial charge in [0.1, 0.15) is 11.4 Å². The topological polar surface area (TPSA) is 84.9 Å². The smallest absolute Gasteiger partial charge is 0.331 e. The molecule has 2 heterocycles. The number of nitrogens with zero attached hydrogens (tertiary/aromatic N) is 1. The van der Waals surface area contributed by atoms with Crippen LogP contribution in [0.25, 0.3) is 6.08 Å². The summed E-state index contributed by atoms with van der Waals surface area (Å²) in [6.45, 7) is 0.169. The van der Waals surface area contributed by atoms with Crippen molar-refractivity contribution in [1.82, 2.24) is 10.2 Å². The summed E-state index contributed by atoms with van der Waals surface area (Å²) in [4.78, 5) is 37.9. The predicted octanol–water partition coefficient (Wildman–Crippen LogP) is 2.26. The molecule has 0 radical (unpaired) electrons. The van der Waals surface area contributed by atoms with Gasteiger partial charge in [-0.3, -0.25) is 19.8 Å². The number of carbonyl (C=O) groups excluding carboxylic acids is 3. The number of benzene rings is 2. The van der Waals surface area contributed by atoms with Gasteiger partial charge >= 0.3 is 6.03 Å². The summed E-state index contributed by atoms with van der Waals surface area (Å²) in [5, 5.41) is 2.17. The van der Waals surface area contributed by atoms with Crippen molar-refractivity contribution < 1.29 is 28.2 Å². The summed E-state index contributed by atoms with van der Waals surface area (Å²) in [6.07, 6.45) is 1.74. The number of rotatable bonds is 4. The van der Waals surface area contributed by atoms with Crippen LogP contribution >= 0.6 is 0 Å². The number of hydrogen-bond donors (Lipinski definition) is 1. The van der Waals surface area contributed by atoms with Gasteiger partial charge in [-0.25, -0.2) is 9.18 Å². The first-order valence-electron chi connectivity index (χ1n) is 8.54. The van der Waals surface area contributed by atoms with Gasteiger partial charge in [0, 0.05) is 6.54 Å². The molecule has 7 nitrogen and oxygen atoms in total. The Hall–Kier alpha value is -3.68. The van der Waals surface area contributed by atoms with Gasteiger partial charge in [0.05, 0.1) is 0 Å². The lowest BCUT2D eigenvalue weighted by molar-refractivity contribution is -0.130. The van der Waals surface area contributed by atoms with Crippen molar-refractivity contribution in [2.75, 3.05) is 13.3 Å². The minimum atomic E-state index is -0.778. The average Bonchev–Trinajstić information content (AvgIpc) is 3.14. The predicted molar refractivity (Wildman–Crippen MR) is 95.9 cm³/mol. The molecule has 1 N–H and O–H groups in total. The number of hydrogen-bond acceptors (Lipinski definition) is 5. The van der Waals surface area contributed by atoms with E-state index in [1.165, 1.54) is 18.2 Å². The van der Waals surface area contributed by atoms with E-state index in [0.29, 0.717) is 23.5 Å². The highest BCUT2D eigenvalue weighted by molar-refractivity contribution is 6.31. The number of carbonyl (C=O) groups is 3. The highest BCUT2D eigenvalue weighted by Crippen LogP contribution is 2.33. The molecule has 2 aliphatic heterocycles. The Morgan fingerprint density at radius 1 is 1.04 bits per heavy atom. The van der Waals surface area contributed by atoms with E-state index in [1.54, 1.807) is 30.3 Å². The maximum Gasteiger partial charge on any atom is 0.331 e. The minimum Gasteiger partial charge on any atom is -0.454 e. The number of imide groups is 2. The molecular formula is C20H15FN2O5. The molecule has 2 aliphatic rings. The Kier molecular flexibility index (Phi) is 4.52. The van der Waals surface area contributed by atoms with Crippen LogP contribution in [0.1, 0.15) is 11.1 Å². The van der Waals surface area contributed by atoms with Crippen molar-refractivity contribution in [1.29, 1.82) is 0 Å². The zero-order chi connectivity index (χ0) is 19.7. The second kappa shape index (κ2) is 7.15. The third-order valence-corrected chi connectivity index (χ3v) is 4.43. The Labute approximate surface area is 159 Å². The molecule has 4 rings (SSSR count). The van der Waals surface area contributed by atoms with Crippen molar-refractivity contribution >= 4 is 23.9 Å². The van der Waals surface area contributed by atoms with Gasteiger partial charge in [0.2, 0.25) is 6.79 Å². The Morgan fingerprint density at radius 3 is 2.57 bits per heavy atom. The molecule has 2 aromatic rings. The summed E-state index contributed by atoms with van der Waals surface area (Å²) < 4.78 is 23.5. The summed E-state index contributed by atoms with van der Waals surface area (Å²) in [6, 6.07) is 10.0. The van der Waals surface area contributed by atoms with Crippen molar-refractivity contribution in [2.45, 2.75) is 6.42 Å². The summed E-state index contributed by atoms with van der Waals surface area (Å²) in [5.41, 5.74) is 1.17. The number of nitrogens with one attached hydrogen (secondary N) is 1. The van der Waals surface area contributed by atoms with E-state index in [0.717, 1.165) is 10.5 Å². The second-order valence-electron chi connectivity index (χ2n) is 6.26. The Morgan fingerprint density at radius 2 is 1.79 bits per heavy atom.